The molecule has 0 aromatic carbocycles. The molecule has 0 saturated heterocycles. The molecule has 624 valence electrons. The highest BCUT2D eigenvalue weighted by Crippen LogP contribution is 2.45. The van der Waals surface area contributed by atoms with Gasteiger partial charge in [0.1, 0.15) is 19.3 Å². The van der Waals surface area contributed by atoms with Crippen LogP contribution >= 0.6 is 15.6 Å². The maximum atomic E-state index is 13.1. The number of aliphatic hydroxyl groups excluding tert-OH is 1. The molecule has 0 aliphatic rings. The lowest BCUT2D eigenvalue weighted by Gasteiger charge is -2.21. The molecule has 0 aromatic heterocycles. The van der Waals surface area contributed by atoms with Crippen molar-refractivity contribution in [1.82, 2.24) is 0 Å². The highest BCUT2D eigenvalue weighted by atomic mass is 31.2. The SMILES string of the molecule is CCCCCCCCCCCCCCCCCCCCCCCCC(=O)O[C@H](COC(=O)CCCCCCCCCCCCCCCCCC(C)C)COP(=O)(O)OC[C@@H](O)COP(=O)(O)OC[C@@H](COC(=O)CCCCCCCCCCCCC)OC(=O)CCCCCCCCCCCCC(C)CC. The van der Waals surface area contributed by atoms with E-state index in [1.54, 1.807) is 0 Å². The summed E-state index contributed by atoms with van der Waals surface area (Å²) in [6.07, 6.45) is 69.4. The molecule has 0 rings (SSSR count). The van der Waals surface area contributed by atoms with Crippen LogP contribution in [0.25, 0.3) is 0 Å². The largest absolute Gasteiger partial charge is 0.472 e. The van der Waals surface area contributed by atoms with Gasteiger partial charge in [0.15, 0.2) is 12.2 Å². The van der Waals surface area contributed by atoms with Crippen LogP contribution in [0.5, 0.6) is 0 Å². The number of esters is 4. The normalized spacial score (nSPS) is 14.1. The lowest BCUT2D eigenvalue weighted by atomic mass is 9.99. The molecule has 0 fully saturated rings. The molecule has 0 saturated carbocycles. The van der Waals surface area contributed by atoms with Crippen LogP contribution in [0.4, 0.5) is 0 Å². The Bertz CT molecular complexity index is 2010. The fourth-order valence-electron chi connectivity index (χ4n) is 13.4. The molecule has 0 radical (unpaired) electrons. The van der Waals surface area contributed by atoms with E-state index < -0.39 is 97.5 Å². The number of carbonyl (C=O) groups is 4. The Morgan fingerprint density at radius 3 is 0.724 bits per heavy atom. The number of ether oxygens (including phenoxy) is 4. The summed E-state index contributed by atoms with van der Waals surface area (Å²) in [6.45, 7) is 9.71. The fraction of sp³-hybridized carbons (Fsp3) is 0.953. The summed E-state index contributed by atoms with van der Waals surface area (Å²) in [5.41, 5.74) is 0. The molecule has 19 heteroatoms. The number of rotatable bonds is 85. The first kappa shape index (κ1) is 103. The third kappa shape index (κ3) is 78.5. The minimum Gasteiger partial charge on any atom is -0.462 e. The van der Waals surface area contributed by atoms with Gasteiger partial charge in [-0.2, -0.15) is 0 Å². The van der Waals surface area contributed by atoms with E-state index in [2.05, 4.69) is 41.5 Å². The summed E-state index contributed by atoms with van der Waals surface area (Å²) >= 11 is 0. The number of hydrogen-bond donors (Lipinski definition) is 3. The maximum Gasteiger partial charge on any atom is 0.472 e. The Kier molecular flexibility index (Phi) is 76.0. The van der Waals surface area contributed by atoms with Crippen molar-refractivity contribution in [3.8, 4) is 0 Å². The molecule has 0 heterocycles. The van der Waals surface area contributed by atoms with Crippen LogP contribution in [-0.2, 0) is 65.4 Å². The summed E-state index contributed by atoms with van der Waals surface area (Å²) in [6, 6.07) is 0. The van der Waals surface area contributed by atoms with Gasteiger partial charge in [0.2, 0.25) is 0 Å². The number of phosphoric acid groups is 2. The number of carbonyl (C=O) groups excluding carboxylic acids is 4. The average Bonchev–Trinajstić information content (AvgIpc) is 0.903. The minimum absolute atomic E-state index is 0.107. The first-order chi connectivity index (χ1) is 50.9. The number of hydrogen-bond acceptors (Lipinski definition) is 15. The molecule has 0 amide bonds. The Morgan fingerprint density at radius 1 is 0.276 bits per heavy atom. The molecule has 105 heavy (non-hydrogen) atoms. The minimum atomic E-state index is -4.97. The van der Waals surface area contributed by atoms with E-state index in [-0.39, 0.29) is 25.7 Å². The van der Waals surface area contributed by atoms with Gasteiger partial charge in [0.05, 0.1) is 26.4 Å². The Labute approximate surface area is 645 Å². The van der Waals surface area contributed by atoms with Crippen molar-refractivity contribution in [3.63, 3.8) is 0 Å². The second-order valence-corrected chi connectivity index (χ2v) is 34.6. The first-order valence-electron chi connectivity index (χ1n) is 44.5. The summed E-state index contributed by atoms with van der Waals surface area (Å²) in [7, 11) is -9.93. The quantitative estimate of drug-likeness (QED) is 0.0222. The van der Waals surface area contributed by atoms with Crippen LogP contribution in [0, 0.1) is 11.8 Å². The van der Waals surface area contributed by atoms with Crippen LogP contribution in [0.15, 0.2) is 0 Å². The summed E-state index contributed by atoms with van der Waals surface area (Å²) in [5.74, 6) is -0.493. The van der Waals surface area contributed by atoms with Crippen molar-refractivity contribution in [3.05, 3.63) is 0 Å². The van der Waals surface area contributed by atoms with Crippen molar-refractivity contribution < 1.29 is 80.2 Å². The third-order valence-electron chi connectivity index (χ3n) is 20.6. The van der Waals surface area contributed by atoms with Gasteiger partial charge >= 0.3 is 39.5 Å². The molecular formula is C86H168O17P2. The van der Waals surface area contributed by atoms with Crippen LogP contribution in [0.2, 0.25) is 0 Å². The van der Waals surface area contributed by atoms with Gasteiger partial charge in [0.25, 0.3) is 0 Å². The van der Waals surface area contributed by atoms with Crippen LogP contribution in [-0.4, -0.2) is 96.7 Å². The molecule has 0 spiro atoms. The molecule has 6 atom stereocenters. The van der Waals surface area contributed by atoms with Gasteiger partial charge in [-0.3, -0.25) is 37.3 Å². The zero-order valence-corrected chi connectivity index (χ0v) is 70.8. The lowest BCUT2D eigenvalue weighted by Crippen LogP contribution is -2.30. The van der Waals surface area contributed by atoms with Crippen molar-refractivity contribution in [1.29, 1.82) is 0 Å². The molecular weight excluding hydrogens is 1370 g/mol. The average molecular weight is 1540 g/mol. The van der Waals surface area contributed by atoms with Gasteiger partial charge in [-0.15, -0.1) is 0 Å². The van der Waals surface area contributed by atoms with Crippen molar-refractivity contribution >= 4 is 39.5 Å². The molecule has 17 nitrogen and oxygen atoms in total. The van der Waals surface area contributed by atoms with Gasteiger partial charge in [0, 0.05) is 25.7 Å². The van der Waals surface area contributed by atoms with Crippen LogP contribution in [0.1, 0.15) is 459 Å². The Hall–Kier alpha value is -1.94. The van der Waals surface area contributed by atoms with Gasteiger partial charge < -0.3 is 33.8 Å². The van der Waals surface area contributed by atoms with Crippen molar-refractivity contribution in [2.45, 2.75) is 477 Å². The topological polar surface area (TPSA) is 237 Å². The van der Waals surface area contributed by atoms with E-state index in [1.807, 2.05) is 0 Å². The van der Waals surface area contributed by atoms with E-state index in [1.165, 1.54) is 276 Å². The van der Waals surface area contributed by atoms with E-state index in [4.69, 9.17) is 37.0 Å². The lowest BCUT2D eigenvalue weighted by molar-refractivity contribution is -0.161. The van der Waals surface area contributed by atoms with Crippen LogP contribution < -0.4 is 0 Å². The number of aliphatic hydroxyl groups is 1. The molecule has 3 unspecified atom stereocenters. The smallest absolute Gasteiger partial charge is 0.462 e. The van der Waals surface area contributed by atoms with Gasteiger partial charge in [-0.05, 0) is 37.5 Å². The first-order valence-corrected chi connectivity index (χ1v) is 47.5. The van der Waals surface area contributed by atoms with E-state index in [0.717, 1.165) is 102 Å². The zero-order chi connectivity index (χ0) is 77.1. The molecule has 3 N–H and O–H groups in total. The molecule has 0 bridgehead atoms. The zero-order valence-electron chi connectivity index (χ0n) is 69.0. The van der Waals surface area contributed by atoms with Gasteiger partial charge in [-0.25, -0.2) is 9.13 Å². The Morgan fingerprint density at radius 2 is 0.486 bits per heavy atom. The molecule has 0 aliphatic heterocycles. The van der Waals surface area contributed by atoms with Crippen LogP contribution in [0.3, 0.4) is 0 Å². The highest BCUT2D eigenvalue weighted by molar-refractivity contribution is 7.47. The predicted molar refractivity (Wildman–Crippen MR) is 432 cm³/mol. The summed E-state index contributed by atoms with van der Waals surface area (Å²) < 4.78 is 68.9. The van der Waals surface area contributed by atoms with Crippen molar-refractivity contribution in [2.24, 2.45) is 11.8 Å². The summed E-state index contributed by atoms with van der Waals surface area (Å²) in [4.78, 5) is 73.2. The number of phosphoric ester groups is 2. The summed E-state index contributed by atoms with van der Waals surface area (Å²) in [5, 5.41) is 10.7. The molecule has 0 aliphatic carbocycles. The second kappa shape index (κ2) is 77.4. The maximum absolute atomic E-state index is 13.1. The van der Waals surface area contributed by atoms with E-state index in [9.17, 15) is 43.2 Å². The van der Waals surface area contributed by atoms with E-state index >= 15 is 0 Å². The monoisotopic (exact) mass is 1540 g/mol. The standard InChI is InChI=1S/C86H168O17P2/c1-7-10-12-14-16-18-20-21-22-23-24-25-26-27-28-31-35-39-46-52-58-64-70-85(90)102-81(75-97-84(89)69-63-57-51-45-38-34-32-29-30-33-37-42-48-54-60-66-78(4)5)76-100-104(92,93)98-72-80(87)73-99-105(94,95)101-77-82(74-96-83(88)68-62-56-50-44-36-19-17-15-13-11-8-2)103-86(91)71-65-59-53-47-41-40-43-49-55-61-67-79(6)9-3/h78-82,87H,7-77H2,1-6H3,(H,92,93)(H,94,95)/t79?,80-,81-,82-/m1/s1. The fourth-order valence-corrected chi connectivity index (χ4v) is 15.0. The van der Waals surface area contributed by atoms with Gasteiger partial charge in [-0.1, -0.05) is 408 Å². The van der Waals surface area contributed by atoms with Crippen molar-refractivity contribution in [2.75, 3.05) is 39.6 Å². The van der Waals surface area contributed by atoms with E-state index in [0.29, 0.717) is 25.7 Å². The predicted octanol–water partition coefficient (Wildman–Crippen LogP) is 26.2. The Balaban J connectivity index is 5.23. The highest BCUT2D eigenvalue weighted by Gasteiger charge is 2.30. The second-order valence-electron chi connectivity index (χ2n) is 31.6. The third-order valence-corrected chi connectivity index (χ3v) is 22.5. The molecule has 0 aromatic rings. The number of unbranched alkanes of at least 4 members (excludes halogenated alkanes) is 54.